The molecular weight excluding hydrogens is 474 g/mol. The van der Waals surface area contributed by atoms with E-state index in [4.69, 9.17) is 4.98 Å². The van der Waals surface area contributed by atoms with Crippen molar-refractivity contribution in [1.29, 1.82) is 0 Å². The summed E-state index contributed by atoms with van der Waals surface area (Å²) in [5, 5.41) is 9.48. The van der Waals surface area contributed by atoms with E-state index >= 15 is 0 Å². The van der Waals surface area contributed by atoms with Crippen molar-refractivity contribution in [3.8, 4) is 0 Å². The van der Waals surface area contributed by atoms with E-state index in [2.05, 4.69) is 37.0 Å². The maximum Gasteiger partial charge on any atom is 0.263 e. The zero-order valence-corrected chi connectivity index (χ0v) is 21.1. The van der Waals surface area contributed by atoms with Gasteiger partial charge in [-0.15, -0.1) is 11.3 Å². The van der Waals surface area contributed by atoms with Crippen molar-refractivity contribution in [1.82, 2.24) is 29.8 Å². The molecule has 184 valence electrons. The van der Waals surface area contributed by atoms with Gasteiger partial charge in [-0.25, -0.2) is 15.0 Å². The number of nitrogens with one attached hydrogen (secondary N) is 2. The molecule has 0 bridgehead atoms. The minimum absolute atomic E-state index is 0.0327. The van der Waals surface area contributed by atoms with Gasteiger partial charge < -0.3 is 10.6 Å². The molecule has 1 aliphatic heterocycles. The van der Waals surface area contributed by atoms with Crippen LogP contribution in [0, 0.1) is 6.92 Å². The molecule has 10 heteroatoms. The summed E-state index contributed by atoms with van der Waals surface area (Å²) in [6.07, 6.45) is 10.4. The van der Waals surface area contributed by atoms with Crippen LogP contribution in [-0.4, -0.2) is 43.4 Å². The summed E-state index contributed by atoms with van der Waals surface area (Å²) in [7, 11) is 0. The van der Waals surface area contributed by atoms with Gasteiger partial charge in [0, 0.05) is 35.1 Å². The summed E-state index contributed by atoms with van der Waals surface area (Å²) in [6.45, 7) is 5.06. The molecule has 5 heterocycles. The van der Waals surface area contributed by atoms with Gasteiger partial charge in [0.1, 0.15) is 12.0 Å². The number of aromatic nitrogens is 5. The normalized spacial score (nSPS) is 16.6. The number of Topliss-reactive ketones (excluding diaryl/α,β-unsaturated/α-hetero) is 1. The first-order chi connectivity index (χ1) is 17.5. The largest absolute Gasteiger partial charge is 0.313 e. The van der Waals surface area contributed by atoms with Gasteiger partial charge in [0.15, 0.2) is 11.6 Å². The van der Waals surface area contributed by atoms with Crippen molar-refractivity contribution >= 4 is 55.7 Å². The Bertz CT molecular complexity index is 1600. The molecule has 1 aliphatic carbocycles. The van der Waals surface area contributed by atoms with Crippen LogP contribution >= 0.6 is 11.3 Å². The van der Waals surface area contributed by atoms with Crippen LogP contribution in [0.25, 0.3) is 26.8 Å². The predicted octanol–water partition coefficient (Wildman–Crippen LogP) is 4.54. The Morgan fingerprint density at radius 1 is 1.22 bits per heavy atom. The number of pyridine rings is 1. The Morgan fingerprint density at radius 2 is 2.06 bits per heavy atom. The Hall–Kier alpha value is -3.50. The molecule has 9 nitrogen and oxygen atoms in total. The molecular formula is C26H27N7O2S. The highest BCUT2D eigenvalue weighted by molar-refractivity contribution is 7.18. The van der Waals surface area contributed by atoms with Gasteiger partial charge in [0.05, 0.1) is 15.8 Å². The predicted molar refractivity (Wildman–Crippen MR) is 142 cm³/mol. The molecule has 0 atom stereocenters. The third-order valence-corrected chi connectivity index (χ3v) is 8.22. The molecule has 0 aromatic carbocycles. The zero-order chi connectivity index (χ0) is 24.8. The number of carbonyl (C=O) groups is 1. The van der Waals surface area contributed by atoms with E-state index in [-0.39, 0.29) is 22.9 Å². The summed E-state index contributed by atoms with van der Waals surface area (Å²) in [6, 6.07) is 0.0327. The van der Waals surface area contributed by atoms with Crippen molar-refractivity contribution in [2.24, 2.45) is 0 Å². The second-order valence-electron chi connectivity index (χ2n) is 9.46. The topological polar surface area (TPSA) is 115 Å². The number of ketones is 1. The summed E-state index contributed by atoms with van der Waals surface area (Å²) < 4.78 is 2.66. The maximum atomic E-state index is 13.5. The van der Waals surface area contributed by atoms with Gasteiger partial charge >= 0.3 is 0 Å². The lowest BCUT2D eigenvalue weighted by atomic mass is 10.0. The zero-order valence-electron chi connectivity index (χ0n) is 20.3. The first-order valence-electron chi connectivity index (χ1n) is 12.3. The minimum atomic E-state index is -0.258. The number of thiophene rings is 1. The molecule has 1 fully saturated rings. The van der Waals surface area contributed by atoms with E-state index in [1.807, 2.05) is 0 Å². The van der Waals surface area contributed by atoms with Crippen LogP contribution in [0.3, 0.4) is 0 Å². The van der Waals surface area contributed by atoms with Crippen molar-refractivity contribution in [3.63, 3.8) is 0 Å². The fourth-order valence-corrected chi connectivity index (χ4v) is 6.44. The van der Waals surface area contributed by atoms with Crippen molar-refractivity contribution in [2.45, 2.75) is 52.0 Å². The van der Waals surface area contributed by atoms with Crippen LogP contribution in [0.1, 0.15) is 66.6 Å². The van der Waals surface area contributed by atoms with Gasteiger partial charge in [-0.05, 0) is 50.8 Å². The molecule has 0 unspecified atom stereocenters. The number of anilines is 2. The number of carbonyl (C=O) groups excluding carboxylic acids is 1. The van der Waals surface area contributed by atoms with E-state index in [1.165, 1.54) is 12.5 Å². The smallest absolute Gasteiger partial charge is 0.263 e. The molecule has 2 aliphatic rings. The highest BCUT2D eigenvalue weighted by Gasteiger charge is 2.26. The number of hydrogen-bond donors (Lipinski definition) is 2. The lowest BCUT2D eigenvalue weighted by molar-refractivity contribution is 0.101. The van der Waals surface area contributed by atoms with Crippen molar-refractivity contribution in [2.75, 3.05) is 18.4 Å². The van der Waals surface area contributed by atoms with E-state index in [9.17, 15) is 9.59 Å². The van der Waals surface area contributed by atoms with Crippen LogP contribution in [0.4, 0.5) is 11.8 Å². The van der Waals surface area contributed by atoms with Crippen LogP contribution in [0.2, 0.25) is 0 Å². The van der Waals surface area contributed by atoms with Gasteiger partial charge in [-0.3, -0.25) is 14.2 Å². The number of aryl methyl sites for hydroxylation is 1. The number of nitrogens with zero attached hydrogens (tertiary/aromatic N) is 5. The second-order valence-corrected chi connectivity index (χ2v) is 10.3. The molecule has 4 aromatic rings. The lowest BCUT2D eigenvalue weighted by Crippen LogP contribution is -2.30. The summed E-state index contributed by atoms with van der Waals surface area (Å²) in [5.74, 6) is 0.769. The maximum absolute atomic E-state index is 13.5. The van der Waals surface area contributed by atoms with Gasteiger partial charge in [0.2, 0.25) is 5.95 Å². The fraction of sp³-hybridized carbons (Fsp3) is 0.385. The average Bonchev–Trinajstić information content (AvgIpc) is 3.55. The van der Waals surface area contributed by atoms with Crippen LogP contribution in [-0.2, 0) is 0 Å². The molecule has 6 rings (SSSR count). The monoisotopic (exact) mass is 501 g/mol. The van der Waals surface area contributed by atoms with E-state index in [1.54, 1.807) is 35.4 Å². The standard InChI is InChI=1S/C26H27N7O2S/c1-14-18-11-28-26(32-24(18)33(17-5-3-4-6-17)25(35)20(14)15(2)34)31-23-22-21(29-13-30-23)19(12-36-22)16-7-9-27-10-8-16/h7,11-13,17,27H,3-6,8-10H2,1-2H3,(H,28,29,30,31,32). The molecule has 0 spiro atoms. The summed E-state index contributed by atoms with van der Waals surface area (Å²) in [4.78, 5) is 44.2. The van der Waals surface area contributed by atoms with Gasteiger partial charge in [-0.2, -0.15) is 4.98 Å². The number of hydrogen-bond acceptors (Lipinski definition) is 9. The van der Waals surface area contributed by atoms with Crippen LogP contribution in [0.15, 0.2) is 28.8 Å². The van der Waals surface area contributed by atoms with E-state index < -0.39 is 0 Å². The Morgan fingerprint density at radius 3 is 2.81 bits per heavy atom. The van der Waals surface area contributed by atoms with Gasteiger partial charge in [-0.1, -0.05) is 18.9 Å². The number of fused-ring (bicyclic) bond motifs is 2. The lowest BCUT2D eigenvalue weighted by Gasteiger charge is -2.19. The second kappa shape index (κ2) is 9.18. The van der Waals surface area contributed by atoms with Crippen LogP contribution < -0.4 is 16.2 Å². The Balaban J connectivity index is 1.46. The van der Waals surface area contributed by atoms with E-state index in [0.717, 1.165) is 66.4 Å². The first kappa shape index (κ1) is 22.9. The fourth-order valence-electron chi connectivity index (χ4n) is 5.45. The average molecular weight is 502 g/mol. The molecule has 1 saturated carbocycles. The van der Waals surface area contributed by atoms with Crippen molar-refractivity contribution < 1.29 is 4.79 Å². The van der Waals surface area contributed by atoms with Crippen molar-refractivity contribution in [3.05, 3.63) is 51.0 Å². The number of rotatable bonds is 5. The highest BCUT2D eigenvalue weighted by atomic mass is 32.1. The molecule has 36 heavy (non-hydrogen) atoms. The molecule has 2 N–H and O–H groups in total. The third kappa shape index (κ3) is 3.81. The highest BCUT2D eigenvalue weighted by Crippen LogP contribution is 2.36. The summed E-state index contributed by atoms with van der Waals surface area (Å²) >= 11 is 1.59. The molecule has 0 radical (unpaired) electrons. The molecule has 4 aromatic heterocycles. The Labute approximate surface area is 211 Å². The van der Waals surface area contributed by atoms with Crippen LogP contribution in [0.5, 0.6) is 0 Å². The quantitative estimate of drug-likeness (QED) is 0.383. The molecule has 0 saturated heterocycles. The van der Waals surface area contributed by atoms with E-state index in [0.29, 0.717) is 23.0 Å². The SMILES string of the molecule is CC(=O)c1c(C)c2cnc(Nc3ncnc4c(C5=CCNCC5)csc34)nc2n(C2CCCC2)c1=O. The third-order valence-electron chi connectivity index (χ3n) is 7.24. The van der Waals surface area contributed by atoms with Gasteiger partial charge in [0.25, 0.3) is 5.56 Å². The Kier molecular flexibility index (Phi) is 5.85. The minimum Gasteiger partial charge on any atom is -0.313 e. The first-order valence-corrected chi connectivity index (χ1v) is 13.2. The summed E-state index contributed by atoms with van der Waals surface area (Å²) in [5.41, 5.74) is 4.51. The molecule has 0 amide bonds.